The molecular formula is C12H15N3O2. The average Bonchev–Trinajstić information content (AvgIpc) is 2.68. The summed E-state index contributed by atoms with van der Waals surface area (Å²) in [5.74, 6) is -0.0880. The van der Waals surface area contributed by atoms with Crippen LogP contribution >= 0.6 is 0 Å². The number of ether oxygens (including phenoxy) is 1. The molecule has 90 valence electrons. The molecule has 0 amide bonds. The van der Waals surface area contributed by atoms with Crippen molar-refractivity contribution in [3.8, 4) is 0 Å². The third-order valence-electron chi connectivity index (χ3n) is 3.49. The Hall–Kier alpha value is -1.49. The third kappa shape index (κ3) is 1.91. The maximum absolute atomic E-state index is 11.7. The standard InChI is InChI=1S/C12H15N3O2/c1-8-4-11(12(16)17-8)15-3-2-9-5-13-7-14-10(9)6-15/h5,7-8,11H,2-4,6H2,1H3/t8-,11-/m0/s1. The summed E-state index contributed by atoms with van der Waals surface area (Å²) in [5.41, 5.74) is 2.24. The predicted octanol–water partition coefficient (Wildman–Crippen LogP) is 0.539. The number of carbonyl (C=O) groups is 1. The molecule has 1 fully saturated rings. The molecule has 0 spiro atoms. The molecule has 2 atom stereocenters. The molecule has 1 saturated heterocycles. The molecule has 0 bridgehead atoms. The molecule has 1 aromatic heterocycles. The maximum atomic E-state index is 11.7. The Kier molecular flexibility index (Phi) is 2.55. The predicted molar refractivity (Wildman–Crippen MR) is 60.1 cm³/mol. The first-order valence-corrected chi connectivity index (χ1v) is 5.96. The molecule has 0 aliphatic carbocycles. The van der Waals surface area contributed by atoms with Crippen LogP contribution in [0.1, 0.15) is 24.6 Å². The van der Waals surface area contributed by atoms with E-state index in [2.05, 4.69) is 14.9 Å². The van der Waals surface area contributed by atoms with Crippen molar-refractivity contribution in [1.82, 2.24) is 14.9 Å². The number of nitrogens with zero attached hydrogens (tertiary/aromatic N) is 3. The Morgan fingerprint density at radius 1 is 1.53 bits per heavy atom. The lowest BCUT2D eigenvalue weighted by Gasteiger charge is -2.30. The summed E-state index contributed by atoms with van der Waals surface area (Å²) in [7, 11) is 0. The first-order chi connectivity index (χ1) is 8.24. The molecular weight excluding hydrogens is 218 g/mol. The zero-order valence-corrected chi connectivity index (χ0v) is 9.80. The molecule has 0 unspecified atom stereocenters. The fourth-order valence-corrected chi connectivity index (χ4v) is 2.57. The van der Waals surface area contributed by atoms with Gasteiger partial charge < -0.3 is 4.74 Å². The van der Waals surface area contributed by atoms with Gasteiger partial charge in [0.05, 0.1) is 5.69 Å². The highest BCUT2D eigenvalue weighted by atomic mass is 16.6. The van der Waals surface area contributed by atoms with Gasteiger partial charge in [-0.1, -0.05) is 0 Å². The number of aromatic nitrogens is 2. The van der Waals surface area contributed by atoms with Gasteiger partial charge in [-0.15, -0.1) is 0 Å². The van der Waals surface area contributed by atoms with E-state index in [1.807, 2.05) is 13.1 Å². The summed E-state index contributed by atoms with van der Waals surface area (Å²) in [6, 6.07) is -0.0897. The highest BCUT2D eigenvalue weighted by Gasteiger charge is 2.37. The first-order valence-electron chi connectivity index (χ1n) is 5.96. The molecule has 0 aromatic carbocycles. The van der Waals surface area contributed by atoms with E-state index in [1.54, 1.807) is 6.33 Å². The number of fused-ring (bicyclic) bond motifs is 1. The van der Waals surface area contributed by atoms with E-state index >= 15 is 0 Å². The lowest BCUT2D eigenvalue weighted by molar-refractivity contribution is -0.145. The normalized spacial score (nSPS) is 28.9. The highest BCUT2D eigenvalue weighted by molar-refractivity contribution is 5.78. The van der Waals surface area contributed by atoms with Crippen molar-refractivity contribution in [2.75, 3.05) is 6.54 Å². The molecule has 0 N–H and O–H groups in total. The minimum Gasteiger partial charge on any atom is -0.461 e. The second kappa shape index (κ2) is 4.07. The van der Waals surface area contributed by atoms with E-state index in [0.717, 1.165) is 31.6 Å². The molecule has 3 heterocycles. The van der Waals surface area contributed by atoms with Crippen molar-refractivity contribution in [2.45, 2.75) is 38.5 Å². The van der Waals surface area contributed by atoms with Crippen molar-refractivity contribution in [2.24, 2.45) is 0 Å². The van der Waals surface area contributed by atoms with Crippen LogP contribution in [0.3, 0.4) is 0 Å². The molecule has 2 aliphatic heterocycles. The van der Waals surface area contributed by atoms with Gasteiger partial charge in [0.15, 0.2) is 0 Å². The summed E-state index contributed by atoms with van der Waals surface area (Å²) in [4.78, 5) is 22.2. The van der Waals surface area contributed by atoms with Gasteiger partial charge in [-0.2, -0.15) is 0 Å². The van der Waals surface area contributed by atoms with Gasteiger partial charge in [0.25, 0.3) is 0 Å². The number of carbonyl (C=O) groups excluding carboxylic acids is 1. The molecule has 5 heteroatoms. The van der Waals surface area contributed by atoms with Crippen LogP contribution in [0.2, 0.25) is 0 Å². The molecule has 0 saturated carbocycles. The minimum absolute atomic E-state index is 0.0410. The van der Waals surface area contributed by atoms with Gasteiger partial charge in [0, 0.05) is 25.7 Å². The number of rotatable bonds is 1. The molecule has 3 rings (SSSR count). The Balaban J connectivity index is 1.78. The quantitative estimate of drug-likeness (QED) is 0.663. The lowest BCUT2D eigenvalue weighted by Crippen LogP contribution is -2.42. The van der Waals surface area contributed by atoms with Gasteiger partial charge in [-0.3, -0.25) is 9.69 Å². The average molecular weight is 233 g/mol. The van der Waals surface area contributed by atoms with Crippen LogP contribution in [-0.2, 0) is 22.5 Å². The van der Waals surface area contributed by atoms with Crippen molar-refractivity contribution < 1.29 is 9.53 Å². The minimum atomic E-state index is -0.0897. The fraction of sp³-hybridized carbons (Fsp3) is 0.583. The molecule has 0 radical (unpaired) electrons. The Bertz CT molecular complexity index is 449. The van der Waals surface area contributed by atoms with Crippen LogP contribution in [0.15, 0.2) is 12.5 Å². The SMILES string of the molecule is C[C@H]1C[C@H](N2CCc3cncnc3C2)C(=O)O1. The van der Waals surface area contributed by atoms with Crippen molar-refractivity contribution >= 4 is 5.97 Å². The van der Waals surface area contributed by atoms with E-state index in [1.165, 1.54) is 5.56 Å². The first kappa shape index (κ1) is 10.7. The third-order valence-corrected chi connectivity index (χ3v) is 3.49. The number of cyclic esters (lactones) is 1. The van der Waals surface area contributed by atoms with E-state index in [0.29, 0.717) is 0 Å². The summed E-state index contributed by atoms with van der Waals surface area (Å²) in [6.45, 7) is 3.55. The van der Waals surface area contributed by atoms with Crippen LogP contribution in [0.5, 0.6) is 0 Å². The fourth-order valence-electron chi connectivity index (χ4n) is 2.57. The van der Waals surface area contributed by atoms with E-state index in [-0.39, 0.29) is 18.1 Å². The van der Waals surface area contributed by atoms with Gasteiger partial charge in [-0.25, -0.2) is 9.97 Å². The summed E-state index contributed by atoms with van der Waals surface area (Å²) < 4.78 is 5.20. The van der Waals surface area contributed by atoms with Gasteiger partial charge >= 0.3 is 5.97 Å². The van der Waals surface area contributed by atoms with E-state index in [9.17, 15) is 4.79 Å². The monoisotopic (exact) mass is 233 g/mol. The molecule has 1 aromatic rings. The largest absolute Gasteiger partial charge is 0.461 e. The number of hydrogen-bond donors (Lipinski definition) is 0. The molecule has 17 heavy (non-hydrogen) atoms. The van der Waals surface area contributed by atoms with Crippen LogP contribution < -0.4 is 0 Å². The second-order valence-electron chi connectivity index (χ2n) is 4.71. The molecule has 2 aliphatic rings. The zero-order valence-electron chi connectivity index (χ0n) is 9.80. The van der Waals surface area contributed by atoms with Crippen LogP contribution in [0.4, 0.5) is 0 Å². The molecule has 5 nitrogen and oxygen atoms in total. The second-order valence-corrected chi connectivity index (χ2v) is 4.71. The van der Waals surface area contributed by atoms with E-state index < -0.39 is 0 Å². The topological polar surface area (TPSA) is 55.3 Å². The summed E-state index contributed by atoms with van der Waals surface area (Å²) in [6.07, 6.45) is 5.18. The van der Waals surface area contributed by atoms with Crippen molar-refractivity contribution in [3.63, 3.8) is 0 Å². The van der Waals surface area contributed by atoms with Crippen LogP contribution in [-0.4, -0.2) is 39.5 Å². The Labute approximate surface area is 99.8 Å². The van der Waals surface area contributed by atoms with Crippen molar-refractivity contribution in [1.29, 1.82) is 0 Å². The number of hydrogen-bond acceptors (Lipinski definition) is 5. The van der Waals surface area contributed by atoms with Crippen molar-refractivity contribution in [3.05, 3.63) is 23.8 Å². The lowest BCUT2D eigenvalue weighted by atomic mass is 10.0. The summed E-state index contributed by atoms with van der Waals surface area (Å²) >= 11 is 0. The van der Waals surface area contributed by atoms with Gasteiger partial charge in [-0.05, 0) is 18.9 Å². The smallest absolute Gasteiger partial charge is 0.323 e. The van der Waals surface area contributed by atoms with Gasteiger partial charge in [0.2, 0.25) is 0 Å². The summed E-state index contributed by atoms with van der Waals surface area (Å²) in [5, 5.41) is 0. The Morgan fingerprint density at radius 2 is 2.41 bits per heavy atom. The highest BCUT2D eigenvalue weighted by Crippen LogP contribution is 2.25. The van der Waals surface area contributed by atoms with Crippen LogP contribution in [0.25, 0.3) is 0 Å². The number of esters is 1. The zero-order chi connectivity index (χ0) is 11.8. The van der Waals surface area contributed by atoms with E-state index in [4.69, 9.17) is 4.74 Å². The van der Waals surface area contributed by atoms with Crippen LogP contribution in [0, 0.1) is 0 Å². The van der Waals surface area contributed by atoms with Gasteiger partial charge in [0.1, 0.15) is 18.5 Å². The Morgan fingerprint density at radius 3 is 3.18 bits per heavy atom. The maximum Gasteiger partial charge on any atom is 0.323 e.